The molecule has 204 valence electrons. The molecular weight excluding hydrogens is 530 g/mol. The number of ether oxygens (including phenoxy) is 2. The van der Waals surface area contributed by atoms with E-state index in [1.165, 1.54) is 7.11 Å². The van der Waals surface area contributed by atoms with Gasteiger partial charge in [-0.2, -0.15) is 0 Å². The van der Waals surface area contributed by atoms with Gasteiger partial charge in [0.15, 0.2) is 5.78 Å². The second-order valence-corrected chi connectivity index (χ2v) is 11.4. The van der Waals surface area contributed by atoms with Crippen molar-refractivity contribution in [1.82, 2.24) is 4.90 Å². The lowest BCUT2D eigenvalue weighted by Crippen LogP contribution is -2.62. The maximum absolute atomic E-state index is 14.9. The van der Waals surface area contributed by atoms with Crippen LogP contribution in [0.4, 0.5) is 11.4 Å². The molecule has 0 unspecified atom stereocenters. The molecule has 9 heteroatoms. The lowest BCUT2D eigenvalue weighted by Gasteiger charge is -2.43. The number of rotatable bonds is 4. The molecule has 4 heterocycles. The number of nitrogens with zero attached hydrogens (tertiary/aromatic N) is 1. The molecule has 8 nitrogen and oxygen atoms in total. The minimum absolute atomic E-state index is 0.250. The third kappa shape index (κ3) is 2.82. The van der Waals surface area contributed by atoms with E-state index in [1.807, 2.05) is 37.3 Å². The van der Waals surface area contributed by atoms with Crippen molar-refractivity contribution >= 4 is 40.6 Å². The molecule has 2 spiro atoms. The summed E-state index contributed by atoms with van der Waals surface area (Å²) in [5.74, 6) is -0.934. The van der Waals surface area contributed by atoms with Gasteiger partial charge in [-0.15, -0.1) is 0 Å². The first-order valence-corrected chi connectivity index (χ1v) is 13.7. The Hall–Kier alpha value is -3.88. The zero-order valence-corrected chi connectivity index (χ0v) is 23.1. The van der Waals surface area contributed by atoms with Crippen LogP contribution in [-0.2, 0) is 20.5 Å². The highest BCUT2D eigenvalue weighted by Gasteiger charge is 2.81. The minimum atomic E-state index is -1.55. The third-order valence-corrected chi connectivity index (χ3v) is 9.56. The highest BCUT2D eigenvalue weighted by atomic mass is 35.5. The summed E-state index contributed by atoms with van der Waals surface area (Å²) in [6.45, 7) is 2.48. The highest BCUT2D eigenvalue weighted by Crippen LogP contribution is 2.68. The number of hydrogen-bond acceptors (Lipinski definition) is 6. The van der Waals surface area contributed by atoms with Crippen LogP contribution in [0.5, 0.6) is 11.5 Å². The molecule has 4 aliphatic heterocycles. The number of benzene rings is 3. The number of carbonyl (C=O) groups is 3. The molecular formula is C31H28ClN3O5. The zero-order chi connectivity index (χ0) is 28.0. The van der Waals surface area contributed by atoms with E-state index in [9.17, 15) is 14.4 Å². The van der Waals surface area contributed by atoms with E-state index >= 15 is 0 Å². The minimum Gasteiger partial charge on any atom is -0.497 e. The number of amides is 2. The summed E-state index contributed by atoms with van der Waals surface area (Å²) in [6.07, 6.45) is 1.45. The molecule has 2 N–H and O–H groups in total. The lowest BCUT2D eigenvalue weighted by molar-refractivity contribution is -0.137. The van der Waals surface area contributed by atoms with Crippen molar-refractivity contribution in [1.29, 1.82) is 0 Å². The fraction of sp³-hybridized carbons (Fsp3) is 0.323. The van der Waals surface area contributed by atoms with Crippen LogP contribution in [-0.4, -0.2) is 49.3 Å². The second-order valence-electron chi connectivity index (χ2n) is 11.0. The summed E-state index contributed by atoms with van der Waals surface area (Å²) in [4.78, 5) is 46.2. The second kappa shape index (κ2) is 8.56. The van der Waals surface area contributed by atoms with Crippen molar-refractivity contribution in [3.8, 4) is 11.5 Å². The summed E-state index contributed by atoms with van der Waals surface area (Å²) in [5, 5.41) is 6.49. The van der Waals surface area contributed by atoms with Crippen molar-refractivity contribution in [2.75, 3.05) is 31.4 Å². The van der Waals surface area contributed by atoms with Crippen molar-refractivity contribution in [2.45, 2.75) is 36.8 Å². The van der Waals surface area contributed by atoms with Gasteiger partial charge in [0.25, 0.3) is 5.91 Å². The van der Waals surface area contributed by atoms with Crippen molar-refractivity contribution < 1.29 is 23.9 Å². The number of halogens is 1. The molecule has 2 fully saturated rings. The number of aryl methyl sites for hydroxylation is 1. The molecule has 0 radical (unpaired) electrons. The van der Waals surface area contributed by atoms with Gasteiger partial charge < -0.3 is 20.1 Å². The maximum Gasteiger partial charge on any atom is 0.251 e. The van der Waals surface area contributed by atoms with Crippen LogP contribution in [0.2, 0.25) is 5.02 Å². The van der Waals surface area contributed by atoms with E-state index in [0.717, 1.165) is 12.0 Å². The van der Waals surface area contributed by atoms with Crippen LogP contribution in [0, 0.1) is 12.8 Å². The van der Waals surface area contributed by atoms with Crippen molar-refractivity contribution in [3.63, 3.8) is 0 Å². The first kappa shape index (κ1) is 25.1. The summed E-state index contributed by atoms with van der Waals surface area (Å²) in [7, 11) is 3.05. The third-order valence-electron chi connectivity index (χ3n) is 9.26. The van der Waals surface area contributed by atoms with Gasteiger partial charge in [-0.05, 0) is 61.7 Å². The SMILES string of the molecule is COc1ccc(C(=O)[C@@H]2[C@@H]3CCCN3[C@@]3(C(=O)Nc4c(Cl)cc(C)cc43)[C@@]23C(=O)Nc2ccccc23)c(OC)c1. The van der Waals surface area contributed by atoms with Gasteiger partial charge in [-0.25, -0.2) is 0 Å². The molecule has 2 amide bonds. The Bertz CT molecular complexity index is 1640. The van der Waals surface area contributed by atoms with Gasteiger partial charge in [0.1, 0.15) is 22.5 Å². The van der Waals surface area contributed by atoms with Crippen LogP contribution < -0.4 is 20.1 Å². The quantitative estimate of drug-likeness (QED) is 0.452. The molecule has 0 saturated carbocycles. The Morgan fingerprint density at radius 1 is 1.00 bits per heavy atom. The molecule has 7 rings (SSSR count). The number of nitrogens with one attached hydrogen (secondary N) is 2. The normalized spacial score (nSPS) is 27.9. The summed E-state index contributed by atoms with van der Waals surface area (Å²) in [6, 6.07) is 15.8. The number of anilines is 2. The molecule has 40 heavy (non-hydrogen) atoms. The molecule has 3 aromatic carbocycles. The highest BCUT2D eigenvalue weighted by molar-refractivity contribution is 6.35. The van der Waals surface area contributed by atoms with Gasteiger partial charge >= 0.3 is 0 Å². The Balaban J connectivity index is 1.58. The molecule has 3 aromatic rings. The summed E-state index contributed by atoms with van der Waals surface area (Å²) in [5.41, 5.74) is 0.554. The topological polar surface area (TPSA) is 97.0 Å². The van der Waals surface area contributed by atoms with E-state index in [-0.39, 0.29) is 23.6 Å². The summed E-state index contributed by atoms with van der Waals surface area (Å²) < 4.78 is 11.0. The fourth-order valence-electron chi connectivity index (χ4n) is 7.94. The van der Waals surface area contributed by atoms with Gasteiger partial charge in [0, 0.05) is 23.4 Å². The number of carbonyl (C=O) groups excluding carboxylic acids is 3. The fourth-order valence-corrected chi connectivity index (χ4v) is 8.26. The number of hydrogen-bond donors (Lipinski definition) is 2. The lowest BCUT2D eigenvalue weighted by atomic mass is 9.57. The first-order chi connectivity index (χ1) is 19.3. The van der Waals surface area contributed by atoms with E-state index < -0.39 is 16.9 Å². The monoisotopic (exact) mass is 557 g/mol. The Morgan fingerprint density at radius 2 is 1.80 bits per heavy atom. The first-order valence-electron chi connectivity index (χ1n) is 13.4. The molecule has 4 aliphatic rings. The number of methoxy groups -OCH3 is 2. The standard InChI is InChI=1S/C31H28ClN3O5/c1-16-13-20-26(21(32)14-16)34-29(38)31(20)30(19-7-4-5-8-22(19)33-28(30)37)25(23-9-6-12-35(23)31)27(36)18-11-10-17(39-2)15-24(18)40-3/h4-5,7-8,10-11,13-15,23,25H,6,9,12H2,1-3H3,(H,33,37)(H,34,38)/t23-,25-,30+,31-/m0/s1. The van der Waals surface area contributed by atoms with Crippen molar-refractivity contribution in [3.05, 3.63) is 81.9 Å². The van der Waals surface area contributed by atoms with Gasteiger partial charge in [-0.1, -0.05) is 35.9 Å². The van der Waals surface area contributed by atoms with Crippen LogP contribution in [0.25, 0.3) is 0 Å². The zero-order valence-electron chi connectivity index (χ0n) is 22.3. The maximum atomic E-state index is 14.9. The van der Waals surface area contributed by atoms with Gasteiger partial charge in [-0.3, -0.25) is 19.3 Å². The Morgan fingerprint density at radius 3 is 2.58 bits per heavy atom. The van der Waals surface area contributed by atoms with Gasteiger partial charge in [0.05, 0.1) is 36.4 Å². The molecule has 0 aliphatic carbocycles. The van der Waals surface area contributed by atoms with E-state index in [0.29, 0.717) is 57.6 Å². The predicted octanol–water partition coefficient (Wildman–Crippen LogP) is 4.68. The van der Waals surface area contributed by atoms with Gasteiger partial charge in [0.2, 0.25) is 5.91 Å². The smallest absolute Gasteiger partial charge is 0.251 e. The number of Topliss-reactive ketones (excluding diaryl/α,β-unsaturated/α-hetero) is 1. The molecule has 0 aromatic heterocycles. The molecule has 4 atom stereocenters. The average Bonchev–Trinajstić information content (AvgIpc) is 3.67. The number of para-hydroxylation sites is 1. The Kier molecular flexibility index (Phi) is 5.37. The largest absolute Gasteiger partial charge is 0.497 e. The number of fused-ring (bicyclic) bond motifs is 7. The molecule has 2 saturated heterocycles. The number of ketones is 1. The summed E-state index contributed by atoms with van der Waals surface area (Å²) >= 11 is 6.71. The Labute approximate surface area is 236 Å². The predicted molar refractivity (Wildman–Crippen MR) is 150 cm³/mol. The molecule has 0 bridgehead atoms. The van der Waals surface area contributed by atoms with Crippen LogP contribution >= 0.6 is 11.6 Å². The van der Waals surface area contributed by atoms with Crippen LogP contribution in [0.3, 0.4) is 0 Å². The van der Waals surface area contributed by atoms with E-state index in [2.05, 4.69) is 15.5 Å². The van der Waals surface area contributed by atoms with E-state index in [4.69, 9.17) is 21.1 Å². The van der Waals surface area contributed by atoms with Crippen LogP contribution in [0.15, 0.2) is 54.6 Å². The van der Waals surface area contributed by atoms with Crippen molar-refractivity contribution in [2.24, 2.45) is 5.92 Å². The average molecular weight is 558 g/mol. The van der Waals surface area contributed by atoms with Crippen LogP contribution in [0.1, 0.15) is 39.9 Å². The van der Waals surface area contributed by atoms with E-state index in [1.54, 1.807) is 31.4 Å².